The number of methoxy groups -OCH3 is 1. The molecule has 5 rings (SSSR count). The van der Waals surface area contributed by atoms with E-state index in [1.807, 2.05) is 24.3 Å². The summed E-state index contributed by atoms with van der Waals surface area (Å²) in [5, 5.41) is 8.64. The molecule has 0 aliphatic carbocycles. The maximum absolute atomic E-state index is 13.7. The molecule has 0 radical (unpaired) electrons. The van der Waals surface area contributed by atoms with E-state index in [2.05, 4.69) is 29.2 Å². The van der Waals surface area contributed by atoms with Crippen molar-refractivity contribution in [2.75, 3.05) is 38.7 Å². The first-order valence-electron chi connectivity index (χ1n) is 13.8. The first kappa shape index (κ1) is 28.6. The molecule has 0 saturated heterocycles. The molecule has 1 N–H and O–H groups in total. The quantitative estimate of drug-likeness (QED) is 0.245. The molecule has 5 aromatic rings. The lowest BCUT2D eigenvalue weighted by molar-refractivity contribution is 0.0466. The number of aryl methyl sites for hydroxylation is 1. The summed E-state index contributed by atoms with van der Waals surface area (Å²) in [7, 11) is 3.36. The maximum Gasteiger partial charge on any atom is 0.338 e. The molecule has 2 heterocycles. The highest BCUT2D eigenvalue weighted by molar-refractivity contribution is 6.19. The highest BCUT2D eigenvalue weighted by Crippen LogP contribution is 2.29. The SMILES string of the molecule is CCN(CC)CCOC(=O)c1ccc(NC(=O)c2nn(-c3ccc(OC)cc3)c(=O)c3c2c2ccccc2n3C)cc1. The Labute approximate surface area is 243 Å². The second kappa shape index (κ2) is 12.3. The van der Waals surface area contributed by atoms with Crippen molar-refractivity contribution in [1.29, 1.82) is 0 Å². The highest BCUT2D eigenvalue weighted by Gasteiger charge is 2.23. The molecule has 0 fully saturated rings. The van der Waals surface area contributed by atoms with Gasteiger partial charge in [-0.25, -0.2) is 4.79 Å². The van der Waals surface area contributed by atoms with E-state index in [0.717, 1.165) is 24.0 Å². The summed E-state index contributed by atoms with van der Waals surface area (Å²) < 4.78 is 13.7. The minimum atomic E-state index is -0.492. The van der Waals surface area contributed by atoms with E-state index in [1.165, 1.54) is 4.68 Å². The summed E-state index contributed by atoms with van der Waals surface area (Å²) in [6.45, 7) is 6.87. The van der Waals surface area contributed by atoms with Crippen molar-refractivity contribution in [3.63, 3.8) is 0 Å². The Morgan fingerprint density at radius 2 is 1.64 bits per heavy atom. The van der Waals surface area contributed by atoms with Crippen molar-refractivity contribution < 1.29 is 19.1 Å². The van der Waals surface area contributed by atoms with Crippen LogP contribution in [0.25, 0.3) is 27.5 Å². The number of carbonyl (C=O) groups excluding carboxylic acids is 2. The van der Waals surface area contributed by atoms with Gasteiger partial charge in [0.1, 0.15) is 17.9 Å². The van der Waals surface area contributed by atoms with Crippen LogP contribution in [-0.2, 0) is 11.8 Å². The lowest BCUT2D eigenvalue weighted by Gasteiger charge is -2.17. The number of amides is 1. The van der Waals surface area contributed by atoms with Crippen molar-refractivity contribution in [3.8, 4) is 11.4 Å². The van der Waals surface area contributed by atoms with E-state index in [1.54, 1.807) is 67.3 Å². The fourth-order valence-corrected chi connectivity index (χ4v) is 5.01. The fraction of sp³-hybridized carbons (Fsp3) is 0.250. The smallest absolute Gasteiger partial charge is 0.338 e. The molecule has 0 saturated carbocycles. The molecule has 10 nitrogen and oxygen atoms in total. The fourth-order valence-electron chi connectivity index (χ4n) is 5.01. The van der Waals surface area contributed by atoms with E-state index in [4.69, 9.17) is 9.47 Å². The van der Waals surface area contributed by atoms with Gasteiger partial charge < -0.3 is 24.3 Å². The van der Waals surface area contributed by atoms with Crippen molar-refractivity contribution in [2.24, 2.45) is 7.05 Å². The van der Waals surface area contributed by atoms with Gasteiger partial charge in [0.2, 0.25) is 0 Å². The number of fused-ring (bicyclic) bond motifs is 3. The normalized spacial score (nSPS) is 11.3. The van der Waals surface area contributed by atoms with Crippen LogP contribution in [0, 0.1) is 0 Å². The zero-order valence-corrected chi connectivity index (χ0v) is 24.1. The number of hydrogen-bond acceptors (Lipinski definition) is 7. The van der Waals surface area contributed by atoms with Crippen LogP contribution in [0.5, 0.6) is 5.75 Å². The summed E-state index contributed by atoms with van der Waals surface area (Å²) in [6.07, 6.45) is 0. The van der Waals surface area contributed by atoms with Gasteiger partial charge in [-0.3, -0.25) is 9.59 Å². The Balaban J connectivity index is 1.47. The first-order valence-corrected chi connectivity index (χ1v) is 13.8. The van der Waals surface area contributed by atoms with Gasteiger partial charge in [0.15, 0.2) is 5.69 Å². The number of carbonyl (C=O) groups is 2. The number of nitrogens with zero attached hydrogens (tertiary/aromatic N) is 4. The van der Waals surface area contributed by atoms with Gasteiger partial charge in [-0.15, -0.1) is 0 Å². The van der Waals surface area contributed by atoms with E-state index >= 15 is 0 Å². The number of benzene rings is 3. The molecule has 0 aliphatic heterocycles. The number of ether oxygens (including phenoxy) is 2. The molecule has 42 heavy (non-hydrogen) atoms. The Hall–Kier alpha value is -4.96. The van der Waals surface area contributed by atoms with Gasteiger partial charge in [-0.2, -0.15) is 9.78 Å². The molecule has 3 aromatic carbocycles. The number of likely N-dealkylation sites (N-methyl/N-ethyl adjacent to an activating group) is 1. The summed E-state index contributed by atoms with van der Waals surface area (Å²) in [5.74, 6) is -0.287. The minimum absolute atomic E-state index is 0.0945. The van der Waals surface area contributed by atoms with Crippen LogP contribution < -0.4 is 15.6 Å². The van der Waals surface area contributed by atoms with Crippen molar-refractivity contribution in [1.82, 2.24) is 19.2 Å². The van der Waals surface area contributed by atoms with E-state index in [0.29, 0.717) is 46.7 Å². The molecular formula is C32H33N5O5. The lowest BCUT2D eigenvalue weighted by Crippen LogP contribution is -2.28. The van der Waals surface area contributed by atoms with Gasteiger partial charge in [0.25, 0.3) is 11.5 Å². The van der Waals surface area contributed by atoms with Gasteiger partial charge in [0, 0.05) is 35.6 Å². The number of para-hydroxylation sites is 1. The van der Waals surface area contributed by atoms with Gasteiger partial charge in [-0.05, 0) is 67.7 Å². The molecular weight excluding hydrogens is 534 g/mol. The van der Waals surface area contributed by atoms with E-state index in [-0.39, 0.29) is 11.3 Å². The molecule has 0 unspecified atom stereocenters. The summed E-state index contributed by atoms with van der Waals surface area (Å²) in [6, 6.07) is 20.9. The molecule has 0 atom stereocenters. The number of nitrogens with one attached hydrogen (secondary N) is 1. The third-order valence-electron chi connectivity index (χ3n) is 7.38. The largest absolute Gasteiger partial charge is 0.497 e. The van der Waals surface area contributed by atoms with E-state index in [9.17, 15) is 14.4 Å². The van der Waals surface area contributed by atoms with Crippen LogP contribution in [0.1, 0.15) is 34.7 Å². The Morgan fingerprint density at radius 1 is 0.952 bits per heavy atom. The predicted octanol–water partition coefficient (Wildman–Crippen LogP) is 4.64. The number of rotatable bonds is 10. The lowest BCUT2D eigenvalue weighted by atomic mass is 10.1. The molecule has 1 amide bonds. The number of anilines is 1. The van der Waals surface area contributed by atoms with Crippen LogP contribution in [0.4, 0.5) is 5.69 Å². The third kappa shape index (κ3) is 5.48. The molecule has 10 heteroatoms. The Morgan fingerprint density at radius 3 is 2.31 bits per heavy atom. The monoisotopic (exact) mass is 567 g/mol. The van der Waals surface area contributed by atoms with Gasteiger partial charge in [0.05, 0.1) is 18.4 Å². The topological polar surface area (TPSA) is 108 Å². The number of aromatic nitrogens is 3. The second-order valence-electron chi connectivity index (χ2n) is 9.76. The summed E-state index contributed by atoms with van der Waals surface area (Å²) in [4.78, 5) is 42.1. The third-order valence-corrected chi connectivity index (χ3v) is 7.38. The average Bonchev–Trinajstić information content (AvgIpc) is 3.32. The summed E-state index contributed by atoms with van der Waals surface area (Å²) >= 11 is 0. The van der Waals surface area contributed by atoms with Crippen molar-refractivity contribution in [3.05, 3.63) is 94.4 Å². The van der Waals surface area contributed by atoms with Crippen LogP contribution >= 0.6 is 0 Å². The van der Waals surface area contributed by atoms with Crippen molar-refractivity contribution >= 4 is 39.4 Å². The number of hydrogen-bond donors (Lipinski definition) is 1. The second-order valence-corrected chi connectivity index (χ2v) is 9.76. The number of esters is 1. The Bertz CT molecular complexity index is 1800. The molecule has 0 bridgehead atoms. The van der Waals surface area contributed by atoms with Crippen molar-refractivity contribution in [2.45, 2.75) is 13.8 Å². The molecule has 0 spiro atoms. The average molecular weight is 568 g/mol. The Kier molecular flexibility index (Phi) is 8.35. The van der Waals surface area contributed by atoms with Crippen LogP contribution in [0.2, 0.25) is 0 Å². The maximum atomic E-state index is 13.7. The predicted molar refractivity (Wildman–Crippen MR) is 163 cm³/mol. The zero-order valence-electron chi connectivity index (χ0n) is 24.1. The van der Waals surface area contributed by atoms with Gasteiger partial charge >= 0.3 is 5.97 Å². The molecule has 216 valence electrons. The molecule has 0 aliphatic rings. The zero-order chi connectivity index (χ0) is 29.8. The summed E-state index contributed by atoms with van der Waals surface area (Å²) in [5.41, 5.74) is 2.25. The van der Waals surface area contributed by atoms with Crippen LogP contribution in [0.3, 0.4) is 0 Å². The molecule has 2 aromatic heterocycles. The minimum Gasteiger partial charge on any atom is -0.497 e. The first-order chi connectivity index (χ1) is 20.4. The van der Waals surface area contributed by atoms with E-state index < -0.39 is 11.9 Å². The highest BCUT2D eigenvalue weighted by atomic mass is 16.5. The standard InChI is InChI=1S/C32H33N5O5/c1-5-36(6-2)19-20-42-32(40)21-11-13-22(14-12-21)33-30(38)28-27-25-9-7-8-10-26(25)35(3)29(27)31(39)37(34-28)23-15-17-24(41-4)18-16-23/h7-18H,5-6,19-20H2,1-4H3,(H,33,38). The van der Waals surface area contributed by atoms with Crippen LogP contribution in [-0.4, -0.2) is 64.5 Å². The van der Waals surface area contributed by atoms with Crippen LogP contribution in [0.15, 0.2) is 77.6 Å². The van der Waals surface area contributed by atoms with Gasteiger partial charge in [-0.1, -0.05) is 32.0 Å².